The van der Waals surface area contributed by atoms with Gasteiger partial charge in [0.15, 0.2) is 5.43 Å². The van der Waals surface area contributed by atoms with Crippen molar-refractivity contribution in [3.63, 3.8) is 0 Å². The van der Waals surface area contributed by atoms with Crippen molar-refractivity contribution in [3.05, 3.63) is 104 Å². The third kappa shape index (κ3) is 3.58. The molecule has 0 radical (unpaired) electrons. The monoisotopic (exact) mass is 459 g/mol. The molecule has 5 nitrogen and oxygen atoms in total. The summed E-state index contributed by atoms with van der Waals surface area (Å²) >= 11 is 6.39. The van der Waals surface area contributed by atoms with Crippen LogP contribution in [0.15, 0.2) is 75.9 Å². The number of benzene rings is 3. The van der Waals surface area contributed by atoms with Gasteiger partial charge in [-0.15, -0.1) is 0 Å². The maximum Gasteiger partial charge on any atom is 0.295 e. The Kier molecular flexibility index (Phi) is 5.43. The van der Waals surface area contributed by atoms with Crippen molar-refractivity contribution in [2.75, 3.05) is 11.5 Å². The van der Waals surface area contributed by atoms with E-state index in [1.54, 1.807) is 35.2 Å². The standard InChI is InChI=1S/C27H22ClNO4/c1-3-14-32-19-12-9-17(10-13-19)24-23-25(30)20-6-4-5-7-22(20)33-26(23)27(31)29(24)18-11-8-16(2)21(28)15-18/h4-13,15,24H,3,14H2,1-2H3. The van der Waals surface area contributed by atoms with Gasteiger partial charge in [-0.25, -0.2) is 0 Å². The number of para-hydroxylation sites is 1. The first-order valence-electron chi connectivity index (χ1n) is 10.9. The molecule has 2 heterocycles. The molecule has 0 aliphatic carbocycles. The second kappa shape index (κ2) is 8.41. The van der Waals surface area contributed by atoms with Gasteiger partial charge in [0.1, 0.15) is 11.3 Å². The molecule has 1 aliphatic heterocycles. The van der Waals surface area contributed by atoms with Gasteiger partial charge in [0.2, 0.25) is 5.76 Å². The highest BCUT2D eigenvalue weighted by Gasteiger charge is 2.43. The van der Waals surface area contributed by atoms with Crippen molar-refractivity contribution in [2.45, 2.75) is 26.3 Å². The lowest BCUT2D eigenvalue weighted by Gasteiger charge is -2.25. The van der Waals surface area contributed by atoms with Gasteiger partial charge in [0.05, 0.1) is 23.6 Å². The molecule has 0 fully saturated rings. The van der Waals surface area contributed by atoms with Crippen LogP contribution >= 0.6 is 11.6 Å². The predicted molar refractivity (Wildman–Crippen MR) is 130 cm³/mol. The van der Waals surface area contributed by atoms with E-state index in [-0.39, 0.29) is 17.1 Å². The molecule has 1 unspecified atom stereocenters. The fourth-order valence-electron chi connectivity index (χ4n) is 4.20. The second-order valence-electron chi connectivity index (χ2n) is 8.10. The van der Waals surface area contributed by atoms with E-state index in [2.05, 4.69) is 0 Å². The molecule has 1 atom stereocenters. The fraction of sp³-hybridized carbons (Fsp3) is 0.185. The highest BCUT2D eigenvalue weighted by molar-refractivity contribution is 6.31. The van der Waals surface area contributed by atoms with Crippen molar-refractivity contribution in [1.29, 1.82) is 0 Å². The zero-order valence-electron chi connectivity index (χ0n) is 18.3. The van der Waals surface area contributed by atoms with Crippen LogP contribution in [0.5, 0.6) is 5.75 Å². The number of carbonyl (C=O) groups is 1. The Bertz CT molecular complexity index is 1420. The first-order chi connectivity index (χ1) is 16.0. The number of fused-ring (bicyclic) bond motifs is 2. The Balaban J connectivity index is 1.72. The van der Waals surface area contributed by atoms with Gasteiger partial charge in [-0.05, 0) is 60.9 Å². The Hall–Kier alpha value is -3.57. The molecule has 1 aliphatic rings. The van der Waals surface area contributed by atoms with Crippen LogP contribution in [-0.2, 0) is 0 Å². The van der Waals surface area contributed by atoms with E-state index >= 15 is 0 Å². The maximum atomic E-state index is 13.6. The van der Waals surface area contributed by atoms with Crippen molar-refractivity contribution in [3.8, 4) is 5.75 Å². The summed E-state index contributed by atoms with van der Waals surface area (Å²) in [5.41, 5.74) is 2.79. The average molecular weight is 460 g/mol. The molecular formula is C27H22ClNO4. The number of amides is 1. The minimum Gasteiger partial charge on any atom is -0.494 e. The second-order valence-corrected chi connectivity index (χ2v) is 8.51. The summed E-state index contributed by atoms with van der Waals surface area (Å²) in [5, 5.41) is 0.989. The number of ether oxygens (including phenoxy) is 1. The van der Waals surface area contributed by atoms with Crippen molar-refractivity contribution in [2.24, 2.45) is 0 Å². The van der Waals surface area contributed by atoms with E-state index in [0.29, 0.717) is 33.8 Å². The van der Waals surface area contributed by atoms with Gasteiger partial charge in [-0.2, -0.15) is 0 Å². The number of hydrogen-bond acceptors (Lipinski definition) is 4. The third-order valence-electron chi connectivity index (χ3n) is 5.88. The van der Waals surface area contributed by atoms with Crippen LogP contribution in [-0.4, -0.2) is 12.5 Å². The normalized spacial score (nSPS) is 15.2. The minimum absolute atomic E-state index is 0.0618. The molecule has 1 amide bonds. The number of anilines is 1. The molecule has 166 valence electrons. The smallest absolute Gasteiger partial charge is 0.295 e. The first-order valence-corrected chi connectivity index (χ1v) is 11.3. The van der Waals surface area contributed by atoms with Gasteiger partial charge in [-0.1, -0.05) is 48.9 Å². The predicted octanol–water partition coefficient (Wildman–Crippen LogP) is 6.29. The van der Waals surface area contributed by atoms with Crippen LogP contribution in [0.1, 0.15) is 46.6 Å². The molecule has 4 aromatic rings. The average Bonchev–Trinajstić information content (AvgIpc) is 3.12. The van der Waals surface area contributed by atoms with Crippen LogP contribution < -0.4 is 15.1 Å². The first kappa shape index (κ1) is 21.3. The third-order valence-corrected chi connectivity index (χ3v) is 6.29. The number of halogens is 1. The summed E-state index contributed by atoms with van der Waals surface area (Å²) in [6.07, 6.45) is 0.905. The lowest BCUT2D eigenvalue weighted by Crippen LogP contribution is -2.29. The van der Waals surface area contributed by atoms with E-state index < -0.39 is 6.04 Å². The zero-order valence-corrected chi connectivity index (χ0v) is 19.1. The molecule has 0 saturated carbocycles. The van der Waals surface area contributed by atoms with Gasteiger partial charge in [0.25, 0.3) is 5.91 Å². The summed E-state index contributed by atoms with van der Waals surface area (Å²) in [5.74, 6) is 0.427. The van der Waals surface area contributed by atoms with E-state index in [1.807, 2.05) is 50.2 Å². The highest BCUT2D eigenvalue weighted by Crippen LogP contribution is 2.42. The largest absolute Gasteiger partial charge is 0.494 e. The number of hydrogen-bond donors (Lipinski definition) is 0. The Morgan fingerprint density at radius 2 is 1.79 bits per heavy atom. The number of aryl methyl sites for hydroxylation is 1. The molecule has 1 aromatic heterocycles. The number of rotatable bonds is 5. The Morgan fingerprint density at radius 1 is 1.03 bits per heavy atom. The van der Waals surface area contributed by atoms with Crippen LogP contribution in [0.4, 0.5) is 5.69 Å². The SMILES string of the molecule is CCCOc1ccc(C2c3c(oc4ccccc4c3=O)C(=O)N2c2ccc(C)c(Cl)c2)cc1. The topological polar surface area (TPSA) is 59.8 Å². The highest BCUT2D eigenvalue weighted by atomic mass is 35.5. The summed E-state index contributed by atoms with van der Waals surface area (Å²) < 4.78 is 11.7. The molecule has 6 heteroatoms. The van der Waals surface area contributed by atoms with E-state index in [9.17, 15) is 9.59 Å². The van der Waals surface area contributed by atoms with Crippen LogP contribution in [0.3, 0.4) is 0 Å². The zero-order chi connectivity index (χ0) is 23.1. The molecular weight excluding hydrogens is 438 g/mol. The minimum atomic E-state index is -0.646. The summed E-state index contributed by atoms with van der Waals surface area (Å²) in [6.45, 7) is 4.56. The lowest BCUT2D eigenvalue weighted by molar-refractivity contribution is 0.0971. The van der Waals surface area contributed by atoms with Crippen LogP contribution in [0, 0.1) is 6.92 Å². The molecule has 3 aromatic carbocycles. The molecule has 5 rings (SSSR count). The van der Waals surface area contributed by atoms with Crippen molar-refractivity contribution < 1.29 is 13.9 Å². The molecule has 0 spiro atoms. The van der Waals surface area contributed by atoms with Gasteiger partial charge in [0, 0.05) is 10.7 Å². The van der Waals surface area contributed by atoms with E-state index in [1.165, 1.54) is 0 Å². The molecule has 0 bridgehead atoms. The molecule has 0 N–H and O–H groups in total. The quantitative estimate of drug-likeness (QED) is 0.351. The fourth-order valence-corrected chi connectivity index (χ4v) is 4.37. The van der Waals surface area contributed by atoms with E-state index in [0.717, 1.165) is 23.3 Å². The Labute approximate surface area is 196 Å². The molecule has 0 saturated heterocycles. The summed E-state index contributed by atoms with van der Waals surface area (Å²) in [7, 11) is 0. The summed E-state index contributed by atoms with van der Waals surface area (Å²) in [6, 6.07) is 19.3. The van der Waals surface area contributed by atoms with Gasteiger partial charge >= 0.3 is 0 Å². The van der Waals surface area contributed by atoms with Gasteiger partial charge in [-0.3, -0.25) is 14.5 Å². The Morgan fingerprint density at radius 3 is 2.52 bits per heavy atom. The van der Waals surface area contributed by atoms with Crippen molar-refractivity contribution >= 4 is 34.2 Å². The lowest BCUT2D eigenvalue weighted by atomic mass is 9.98. The van der Waals surface area contributed by atoms with E-state index in [4.69, 9.17) is 20.8 Å². The maximum absolute atomic E-state index is 13.6. The van der Waals surface area contributed by atoms with Crippen LogP contribution in [0.2, 0.25) is 5.02 Å². The van der Waals surface area contributed by atoms with Crippen molar-refractivity contribution in [1.82, 2.24) is 0 Å². The summed E-state index contributed by atoms with van der Waals surface area (Å²) in [4.78, 5) is 28.8. The number of nitrogens with zero attached hydrogens (tertiary/aromatic N) is 1. The number of carbonyl (C=O) groups excluding carboxylic acids is 1. The van der Waals surface area contributed by atoms with Gasteiger partial charge < -0.3 is 9.15 Å². The van der Waals surface area contributed by atoms with Crippen LogP contribution in [0.25, 0.3) is 11.0 Å². The molecule has 33 heavy (non-hydrogen) atoms.